The van der Waals surface area contributed by atoms with E-state index >= 15 is 0 Å². The zero-order chi connectivity index (χ0) is 15.9. The molecule has 0 fully saturated rings. The van der Waals surface area contributed by atoms with E-state index < -0.39 is 21.8 Å². The van der Waals surface area contributed by atoms with Crippen LogP contribution in [0, 0.1) is 0 Å². The van der Waals surface area contributed by atoms with Crippen LogP contribution in [0.2, 0.25) is 0 Å². The molecule has 0 saturated heterocycles. The number of amides is 2. The standard InChI is InChI=1S/C13H16N2O5S/c1-3-12(16)20-9-8-14-13(17)15-10-4-6-11(7-5-10)21(2,18)19/h3-7H,1,8-9H2,2H3,(H2,14,15,17). The number of rotatable bonds is 6. The molecule has 1 rings (SSSR count). The smallest absolute Gasteiger partial charge is 0.330 e. The SMILES string of the molecule is C=CC(=O)OCCNC(=O)Nc1ccc(S(C)(=O)=O)cc1. The number of nitrogens with one attached hydrogen (secondary N) is 2. The van der Waals surface area contributed by atoms with Gasteiger partial charge in [0, 0.05) is 18.0 Å². The van der Waals surface area contributed by atoms with E-state index in [4.69, 9.17) is 0 Å². The molecule has 2 amide bonds. The van der Waals surface area contributed by atoms with Crippen molar-refractivity contribution >= 4 is 27.5 Å². The van der Waals surface area contributed by atoms with Crippen molar-refractivity contribution in [1.82, 2.24) is 5.32 Å². The first-order valence-corrected chi connectivity index (χ1v) is 7.86. The average Bonchev–Trinajstić information content (AvgIpc) is 2.43. The first-order chi connectivity index (χ1) is 9.82. The van der Waals surface area contributed by atoms with Crippen molar-refractivity contribution in [1.29, 1.82) is 0 Å². The lowest BCUT2D eigenvalue weighted by atomic mass is 10.3. The summed E-state index contributed by atoms with van der Waals surface area (Å²) in [6.45, 7) is 3.42. The van der Waals surface area contributed by atoms with Crippen molar-refractivity contribution in [2.24, 2.45) is 0 Å². The molecule has 8 heteroatoms. The molecule has 21 heavy (non-hydrogen) atoms. The average molecular weight is 312 g/mol. The van der Waals surface area contributed by atoms with E-state index in [2.05, 4.69) is 21.9 Å². The highest BCUT2D eigenvalue weighted by Crippen LogP contribution is 2.13. The van der Waals surface area contributed by atoms with Gasteiger partial charge in [-0.15, -0.1) is 0 Å². The Morgan fingerprint density at radius 1 is 1.29 bits per heavy atom. The lowest BCUT2D eigenvalue weighted by molar-refractivity contribution is -0.137. The lowest BCUT2D eigenvalue weighted by Crippen LogP contribution is -2.31. The second kappa shape index (κ2) is 7.44. The fourth-order valence-corrected chi connectivity index (χ4v) is 1.97. The zero-order valence-electron chi connectivity index (χ0n) is 11.5. The molecule has 0 radical (unpaired) electrons. The first-order valence-electron chi connectivity index (χ1n) is 5.97. The number of esters is 1. The second-order valence-corrected chi connectivity index (χ2v) is 6.06. The molecule has 1 aromatic rings. The van der Waals surface area contributed by atoms with Crippen molar-refractivity contribution in [3.05, 3.63) is 36.9 Å². The normalized spacial score (nSPS) is 10.5. The number of urea groups is 1. The van der Waals surface area contributed by atoms with Crippen LogP contribution in [0.1, 0.15) is 0 Å². The van der Waals surface area contributed by atoms with Gasteiger partial charge in [-0.2, -0.15) is 0 Å². The highest BCUT2D eigenvalue weighted by Gasteiger charge is 2.07. The van der Waals surface area contributed by atoms with Gasteiger partial charge in [0.25, 0.3) is 0 Å². The molecule has 0 bridgehead atoms. The molecule has 0 aliphatic heterocycles. The monoisotopic (exact) mass is 312 g/mol. The van der Waals surface area contributed by atoms with E-state index in [0.717, 1.165) is 12.3 Å². The summed E-state index contributed by atoms with van der Waals surface area (Å²) in [5.74, 6) is -0.562. The molecule has 0 saturated carbocycles. The summed E-state index contributed by atoms with van der Waals surface area (Å²) in [7, 11) is -3.26. The van der Waals surface area contributed by atoms with Crippen molar-refractivity contribution in [2.45, 2.75) is 4.90 Å². The van der Waals surface area contributed by atoms with E-state index in [9.17, 15) is 18.0 Å². The van der Waals surface area contributed by atoms with Crippen LogP contribution >= 0.6 is 0 Å². The Morgan fingerprint density at radius 2 is 1.90 bits per heavy atom. The van der Waals surface area contributed by atoms with E-state index in [1.165, 1.54) is 24.3 Å². The Labute approximate surface area is 122 Å². The van der Waals surface area contributed by atoms with Crippen LogP contribution in [0.25, 0.3) is 0 Å². The topological polar surface area (TPSA) is 102 Å². The largest absolute Gasteiger partial charge is 0.461 e. The number of ether oxygens (including phenoxy) is 1. The number of hydrogen-bond acceptors (Lipinski definition) is 5. The van der Waals surface area contributed by atoms with Crippen molar-refractivity contribution in [3.63, 3.8) is 0 Å². The van der Waals surface area contributed by atoms with Crippen LogP contribution < -0.4 is 10.6 Å². The maximum atomic E-state index is 11.5. The van der Waals surface area contributed by atoms with E-state index in [-0.39, 0.29) is 18.0 Å². The summed E-state index contributed by atoms with van der Waals surface area (Å²) in [6, 6.07) is 5.27. The highest BCUT2D eigenvalue weighted by atomic mass is 32.2. The first kappa shape index (κ1) is 16.7. The summed E-state index contributed by atoms with van der Waals surface area (Å²) in [4.78, 5) is 22.4. The van der Waals surface area contributed by atoms with E-state index in [0.29, 0.717) is 5.69 Å². The third-order valence-corrected chi connectivity index (χ3v) is 3.47. The maximum Gasteiger partial charge on any atom is 0.330 e. The van der Waals surface area contributed by atoms with Gasteiger partial charge in [-0.3, -0.25) is 0 Å². The highest BCUT2D eigenvalue weighted by molar-refractivity contribution is 7.90. The minimum absolute atomic E-state index is 0.0330. The van der Waals surface area contributed by atoms with Gasteiger partial charge in [-0.05, 0) is 24.3 Å². The van der Waals surface area contributed by atoms with E-state index in [1.807, 2.05) is 0 Å². The van der Waals surface area contributed by atoms with Crippen molar-refractivity contribution < 1.29 is 22.7 Å². The molecular formula is C13H16N2O5S. The van der Waals surface area contributed by atoms with Gasteiger partial charge in [0.15, 0.2) is 9.84 Å². The quantitative estimate of drug-likeness (QED) is 0.462. The lowest BCUT2D eigenvalue weighted by Gasteiger charge is -2.08. The van der Waals surface area contributed by atoms with Gasteiger partial charge in [-0.25, -0.2) is 18.0 Å². The summed E-state index contributed by atoms with van der Waals surface area (Å²) >= 11 is 0. The third kappa shape index (κ3) is 6.09. The molecular weight excluding hydrogens is 296 g/mol. The number of anilines is 1. The van der Waals surface area contributed by atoms with Gasteiger partial charge in [0.2, 0.25) is 0 Å². The van der Waals surface area contributed by atoms with Gasteiger partial charge >= 0.3 is 12.0 Å². The number of carbonyl (C=O) groups is 2. The molecule has 0 spiro atoms. The molecule has 2 N–H and O–H groups in total. The van der Waals surface area contributed by atoms with Crippen molar-refractivity contribution in [3.8, 4) is 0 Å². The van der Waals surface area contributed by atoms with Crippen LogP contribution in [0.5, 0.6) is 0 Å². The number of hydrogen-bond donors (Lipinski definition) is 2. The predicted molar refractivity (Wildman–Crippen MR) is 77.7 cm³/mol. The molecule has 0 heterocycles. The molecule has 0 unspecified atom stereocenters. The van der Waals surface area contributed by atoms with Gasteiger partial charge in [0.1, 0.15) is 6.61 Å². The molecule has 0 aromatic heterocycles. The Balaban J connectivity index is 2.41. The number of sulfone groups is 1. The molecule has 0 atom stereocenters. The second-order valence-electron chi connectivity index (χ2n) is 4.05. The minimum Gasteiger partial charge on any atom is -0.461 e. The summed E-state index contributed by atoms with van der Waals surface area (Å²) in [5.41, 5.74) is 0.447. The van der Waals surface area contributed by atoms with Crippen LogP contribution in [-0.2, 0) is 19.4 Å². The van der Waals surface area contributed by atoms with Gasteiger partial charge < -0.3 is 15.4 Å². The maximum absolute atomic E-state index is 11.5. The number of carbonyl (C=O) groups excluding carboxylic acids is 2. The molecule has 0 aliphatic rings. The predicted octanol–water partition coefficient (Wildman–Crippen LogP) is 0.941. The van der Waals surface area contributed by atoms with Crippen molar-refractivity contribution in [2.75, 3.05) is 24.7 Å². The molecule has 0 aliphatic carbocycles. The van der Waals surface area contributed by atoms with Crippen LogP contribution in [0.4, 0.5) is 10.5 Å². The third-order valence-electron chi connectivity index (χ3n) is 2.34. The number of benzene rings is 1. The Hall–Kier alpha value is -2.35. The molecule has 114 valence electrons. The van der Waals surface area contributed by atoms with Gasteiger partial charge in [-0.1, -0.05) is 6.58 Å². The summed E-state index contributed by atoms with van der Waals surface area (Å²) < 4.78 is 27.2. The fourth-order valence-electron chi connectivity index (χ4n) is 1.34. The van der Waals surface area contributed by atoms with Crippen LogP contribution in [-0.4, -0.2) is 39.8 Å². The van der Waals surface area contributed by atoms with Crippen LogP contribution in [0.15, 0.2) is 41.8 Å². The fraction of sp³-hybridized carbons (Fsp3) is 0.231. The van der Waals surface area contributed by atoms with Gasteiger partial charge in [0.05, 0.1) is 11.4 Å². The Kier molecular flexibility index (Phi) is 5.92. The minimum atomic E-state index is -3.26. The summed E-state index contributed by atoms with van der Waals surface area (Å²) in [5, 5.41) is 4.99. The Bertz CT molecular complexity index is 622. The molecule has 1 aromatic carbocycles. The Morgan fingerprint density at radius 3 is 2.43 bits per heavy atom. The summed E-state index contributed by atoms with van der Waals surface area (Å²) in [6.07, 6.45) is 2.14. The van der Waals surface area contributed by atoms with Crippen LogP contribution in [0.3, 0.4) is 0 Å². The van der Waals surface area contributed by atoms with E-state index in [1.54, 1.807) is 0 Å². The molecule has 7 nitrogen and oxygen atoms in total. The zero-order valence-corrected chi connectivity index (χ0v) is 12.3.